The lowest BCUT2D eigenvalue weighted by Crippen LogP contribution is -2.36. The van der Waals surface area contributed by atoms with Gasteiger partial charge in [0, 0.05) is 6.42 Å². The van der Waals surface area contributed by atoms with E-state index >= 15 is 0 Å². The van der Waals surface area contributed by atoms with Crippen LogP contribution in [0.15, 0.2) is 23.5 Å². The van der Waals surface area contributed by atoms with Crippen LogP contribution in [0.25, 0.3) is 0 Å². The number of amides is 1. The molecule has 1 rings (SSSR count). The Morgan fingerprint density at radius 2 is 2.31 bits per heavy atom. The van der Waals surface area contributed by atoms with Crippen LogP contribution >= 0.6 is 0 Å². The van der Waals surface area contributed by atoms with Crippen LogP contribution in [0, 0.1) is 0 Å². The van der Waals surface area contributed by atoms with Crippen molar-refractivity contribution in [2.45, 2.75) is 25.3 Å². The van der Waals surface area contributed by atoms with Gasteiger partial charge in [0.25, 0.3) is 0 Å². The van der Waals surface area contributed by atoms with Gasteiger partial charge < -0.3 is 15.2 Å². The summed E-state index contributed by atoms with van der Waals surface area (Å²) in [5.41, 5.74) is 0.829. The molecule has 1 unspecified atom stereocenters. The summed E-state index contributed by atoms with van der Waals surface area (Å²) in [6.07, 6.45) is 6.28. The average Bonchev–Trinajstić information content (AvgIpc) is 2.29. The number of hydrogen-bond donors (Lipinski definition) is 2. The number of carbonyl (C=O) groups is 2. The van der Waals surface area contributed by atoms with Crippen LogP contribution in [0.4, 0.5) is 0 Å². The molecule has 0 spiro atoms. The van der Waals surface area contributed by atoms with Crippen LogP contribution in [0.5, 0.6) is 0 Å². The van der Waals surface area contributed by atoms with Crippen LogP contribution in [-0.4, -0.2) is 30.6 Å². The van der Waals surface area contributed by atoms with Gasteiger partial charge >= 0.3 is 5.97 Å². The van der Waals surface area contributed by atoms with E-state index in [4.69, 9.17) is 9.84 Å². The molecule has 0 bridgehead atoms. The molecular formula is C11H15NO4. The molecule has 1 amide bonds. The lowest BCUT2D eigenvalue weighted by molar-refractivity contribution is -0.140. The number of allylic oxidation sites excluding steroid dienone is 3. The number of hydrogen-bond acceptors (Lipinski definition) is 3. The third-order valence-corrected chi connectivity index (χ3v) is 2.41. The van der Waals surface area contributed by atoms with Gasteiger partial charge in [-0.05, 0) is 24.5 Å². The predicted molar refractivity (Wildman–Crippen MR) is 57.6 cm³/mol. The molecular weight excluding hydrogens is 210 g/mol. The summed E-state index contributed by atoms with van der Waals surface area (Å²) in [4.78, 5) is 21.1. The fraction of sp³-hybridized carbons (Fsp3) is 0.455. The number of methoxy groups -OCH3 is 1. The minimum absolute atomic E-state index is 0.244. The fourth-order valence-corrected chi connectivity index (χ4v) is 1.62. The third-order valence-electron chi connectivity index (χ3n) is 2.41. The number of ether oxygens (including phenoxy) is 1. The Hall–Kier alpha value is -1.78. The summed E-state index contributed by atoms with van der Waals surface area (Å²) in [7, 11) is 1.55. The molecule has 0 aromatic heterocycles. The summed E-state index contributed by atoms with van der Waals surface area (Å²) < 4.78 is 5.15. The number of carbonyl (C=O) groups excluding carboxylic acids is 1. The Balaban J connectivity index is 2.70. The summed E-state index contributed by atoms with van der Waals surface area (Å²) in [5, 5.41) is 11.2. The second-order valence-corrected chi connectivity index (χ2v) is 3.46. The number of carboxylic acids is 1. The molecule has 1 atom stereocenters. The van der Waals surface area contributed by atoms with E-state index in [1.54, 1.807) is 7.11 Å². The quantitative estimate of drug-likeness (QED) is 0.656. The van der Waals surface area contributed by atoms with Gasteiger partial charge in [0.1, 0.15) is 11.8 Å². The van der Waals surface area contributed by atoms with Crippen LogP contribution < -0.4 is 5.32 Å². The van der Waals surface area contributed by atoms with E-state index in [9.17, 15) is 9.59 Å². The molecule has 5 heteroatoms. The maximum atomic E-state index is 10.8. The van der Waals surface area contributed by atoms with E-state index in [-0.39, 0.29) is 6.42 Å². The highest BCUT2D eigenvalue weighted by molar-refractivity contribution is 5.76. The van der Waals surface area contributed by atoms with Crippen molar-refractivity contribution in [3.05, 3.63) is 23.5 Å². The first-order valence-electron chi connectivity index (χ1n) is 5.05. The van der Waals surface area contributed by atoms with Crippen LogP contribution in [-0.2, 0) is 14.3 Å². The predicted octanol–water partition coefficient (Wildman–Crippen LogP) is 0.826. The maximum Gasteiger partial charge on any atom is 0.326 e. The second kappa shape index (κ2) is 5.95. The van der Waals surface area contributed by atoms with Crippen molar-refractivity contribution in [1.82, 2.24) is 5.32 Å². The summed E-state index contributed by atoms with van der Waals surface area (Å²) in [6, 6.07) is -0.902. The Morgan fingerprint density at radius 1 is 1.62 bits per heavy atom. The van der Waals surface area contributed by atoms with E-state index in [1.807, 2.05) is 12.2 Å². The van der Waals surface area contributed by atoms with Crippen LogP contribution in [0.3, 0.4) is 0 Å². The van der Waals surface area contributed by atoms with Gasteiger partial charge in [0.15, 0.2) is 0 Å². The molecule has 88 valence electrons. The number of aliphatic carboxylic acids is 1. The third kappa shape index (κ3) is 3.12. The summed E-state index contributed by atoms with van der Waals surface area (Å²) in [5.74, 6) is -0.348. The molecule has 2 N–H and O–H groups in total. The van der Waals surface area contributed by atoms with E-state index in [0.29, 0.717) is 12.2 Å². The maximum absolute atomic E-state index is 10.8. The summed E-state index contributed by atoms with van der Waals surface area (Å²) >= 11 is 0. The fourth-order valence-electron chi connectivity index (χ4n) is 1.62. The monoisotopic (exact) mass is 225 g/mol. The minimum Gasteiger partial charge on any atom is -0.497 e. The van der Waals surface area contributed by atoms with Crippen molar-refractivity contribution < 1.29 is 19.4 Å². The largest absolute Gasteiger partial charge is 0.497 e. The number of rotatable bonds is 6. The highest BCUT2D eigenvalue weighted by atomic mass is 16.5. The van der Waals surface area contributed by atoms with E-state index in [1.165, 1.54) is 0 Å². The average molecular weight is 225 g/mol. The highest BCUT2D eigenvalue weighted by Gasteiger charge is 2.21. The first-order chi connectivity index (χ1) is 7.69. The first kappa shape index (κ1) is 12.3. The molecule has 16 heavy (non-hydrogen) atoms. The van der Waals surface area contributed by atoms with E-state index < -0.39 is 12.0 Å². The lowest BCUT2D eigenvalue weighted by Gasteiger charge is -2.18. The molecule has 0 saturated heterocycles. The first-order valence-corrected chi connectivity index (χ1v) is 5.05. The topological polar surface area (TPSA) is 75.6 Å². The molecule has 1 aliphatic carbocycles. The zero-order chi connectivity index (χ0) is 12.0. The molecule has 0 aromatic rings. The zero-order valence-electron chi connectivity index (χ0n) is 9.10. The lowest BCUT2D eigenvalue weighted by atomic mass is 9.98. The highest BCUT2D eigenvalue weighted by Crippen LogP contribution is 2.23. The zero-order valence-corrected chi connectivity index (χ0v) is 9.10. The van der Waals surface area contributed by atoms with E-state index in [0.717, 1.165) is 18.4 Å². The van der Waals surface area contributed by atoms with Crippen molar-refractivity contribution in [1.29, 1.82) is 0 Å². The van der Waals surface area contributed by atoms with Crippen molar-refractivity contribution >= 4 is 12.4 Å². The van der Waals surface area contributed by atoms with Crippen molar-refractivity contribution in [3.8, 4) is 0 Å². The Morgan fingerprint density at radius 3 is 2.88 bits per heavy atom. The van der Waals surface area contributed by atoms with Gasteiger partial charge in [0.05, 0.1) is 7.11 Å². The molecule has 0 aliphatic heterocycles. The second-order valence-electron chi connectivity index (χ2n) is 3.46. The Kier molecular flexibility index (Phi) is 4.57. The number of carboxylic acid groups (broad SMARTS) is 1. The normalized spacial score (nSPS) is 16.8. The van der Waals surface area contributed by atoms with Gasteiger partial charge in [-0.3, -0.25) is 4.79 Å². The Labute approximate surface area is 93.8 Å². The molecule has 0 heterocycles. The SMILES string of the molecule is COC1=CCCC=C1CC(NC=O)C(=O)O. The van der Waals surface area contributed by atoms with Gasteiger partial charge in [-0.2, -0.15) is 0 Å². The molecule has 0 aromatic carbocycles. The molecule has 1 aliphatic rings. The number of nitrogens with one attached hydrogen (secondary N) is 1. The van der Waals surface area contributed by atoms with E-state index in [2.05, 4.69) is 5.32 Å². The summed E-state index contributed by atoms with van der Waals surface area (Å²) in [6.45, 7) is 0. The van der Waals surface area contributed by atoms with Crippen molar-refractivity contribution in [3.63, 3.8) is 0 Å². The molecule has 0 radical (unpaired) electrons. The smallest absolute Gasteiger partial charge is 0.326 e. The van der Waals surface area contributed by atoms with Crippen LogP contribution in [0.1, 0.15) is 19.3 Å². The van der Waals surface area contributed by atoms with Gasteiger partial charge in [0.2, 0.25) is 6.41 Å². The Bertz CT molecular complexity index is 333. The molecule has 0 fully saturated rings. The van der Waals surface area contributed by atoms with Gasteiger partial charge in [-0.15, -0.1) is 0 Å². The molecule has 0 saturated carbocycles. The van der Waals surface area contributed by atoms with Crippen molar-refractivity contribution in [2.75, 3.05) is 7.11 Å². The van der Waals surface area contributed by atoms with Gasteiger partial charge in [-0.25, -0.2) is 4.79 Å². The van der Waals surface area contributed by atoms with Gasteiger partial charge in [-0.1, -0.05) is 6.08 Å². The molecule has 5 nitrogen and oxygen atoms in total. The van der Waals surface area contributed by atoms with Crippen LogP contribution in [0.2, 0.25) is 0 Å². The van der Waals surface area contributed by atoms with Crippen molar-refractivity contribution in [2.24, 2.45) is 0 Å². The minimum atomic E-state index is -1.05. The standard InChI is InChI=1S/C11H15NO4/c1-16-10-5-3-2-4-8(10)6-9(11(14)15)12-7-13/h4-5,7,9H,2-3,6H2,1H3,(H,12,13)(H,14,15).